The van der Waals surface area contributed by atoms with Crippen molar-refractivity contribution in [2.45, 2.75) is 32.2 Å². The van der Waals surface area contributed by atoms with Crippen LogP contribution in [-0.2, 0) is 16.0 Å². The molecular weight excluding hydrogens is 371 g/mol. The average molecular weight is 391 g/mol. The van der Waals surface area contributed by atoms with E-state index in [0.29, 0.717) is 16.5 Å². The van der Waals surface area contributed by atoms with Crippen molar-refractivity contribution in [3.63, 3.8) is 0 Å². The summed E-state index contributed by atoms with van der Waals surface area (Å²) >= 11 is 12.0. The number of benzene rings is 2. The predicted molar refractivity (Wildman–Crippen MR) is 105 cm³/mol. The second-order valence-electron chi connectivity index (χ2n) is 6.45. The lowest BCUT2D eigenvalue weighted by Crippen LogP contribution is -2.28. The van der Waals surface area contributed by atoms with Gasteiger partial charge in [0.1, 0.15) is 0 Å². The maximum Gasteiger partial charge on any atom is 0.227 e. The second kappa shape index (κ2) is 8.11. The number of amides is 2. The Morgan fingerprint density at radius 1 is 1.15 bits per heavy atom. The number of carbonyl (C=O) groups is 2. The summed E-state index contributed by atoms with van der Waals surface area (Å²) in [5.74, 6) is 0.0829. The zero-order valence-electron chi connectivity index (χ0n) is 14.5. The van der Waals surface area contributed by atoms with Gasteiger partial charge in [-0.05, 0) is 48.7 Å². The Balaban J connectivity index is 1.59. The molecule has 0 aliphatic carbocycles. The van der Waals surface area contributed by atoms with Crippen molar-refractivity contribution in [1.82, 2.24) is 5.32 Å². The molecule has 1 fully saturated rings. The molecule has 3 rings (SSSR count). The van der Waals surface area contributed by atoms with Crippen LogP contribution in [0.2, 0.25) is 10.0 Å². The van der Waals surface area contributed by atoms with Crippen LogP contribution in [0.15, 0.2) is 42.5 Å². The first-order valence-corrected chi connectivity index (χ1v) is 9.33. The largest absolute Gasteiger partial charge is 0.349 e. The quantitative estimate of drug-likeness (QED) is 0.814. The van der Waals surface area contributed by atoms with Crippen LogP contribution in [0.25, 0.3) is 0 Å². The summed E-state index contributed by atoms with van der Waals surface area (Å²) < 4.78 is 0. The molecule has 2 aromatic rings. The van der Waals surface area contributed by atoms with Gasteiger partial charge in [0.25, 0.3) is 0 Å². The fourth-order valence-electron chi connectivity index (χ4n) is 3.06. The van der Waals surface area contributed by atoms with Gasteiger partial charge in [0, 0.05) is 18.7 Å². The van der Waals surface area contributed by atoms with Gasteiger partial charge in [-0.25, -0.2) is 0 Å². The molecule has 2 amide bonds. The van der Waals surface area contributed by atoms with Crippen LogP contribution in [0, 0.1) is 0 Å². The highest BCUT2D eigenvalue weighted by atomic mass is 35.5. The summed E-state index contributed by atoms with van der Waals surface area (Å²) in [5.41, 5.74) is 2.69. The molecule has 4 nitrogen and oxygen atoms in total. The van der Waals surface area contributed by atoms with E-state index in [1.807, 2.05) is 37.3 Å². The molecule has 1 aliphatic heterocycles. The number of halogens is 2. The Kier molecular flexibility index (Phi) is 5.84. The van der Waals surface area contributed by atoms with Crippen LogP contribution in [0.3, 0.4) is 0 Å². The van der Waals surface area contributed by atoms with E-state index in [1.54, 1.807) is 17.0 Å². The van der Waals surface area contributed by atoms with E-state index in [2.05, 4.69) is 5.32 Å². The molecule has 0 saturated carbocycles. The van der Waals surface area contributed by atoms with Gasteiger partial charge in [0.2, 0.25) is 11.8 Å². The Hall–Kier alpha value is -2.04. The van der Waals surface area contributed by atoms with Crippen LogP contribution >= 0.6 is 23.2 Å². The monoisotopic (exact) mass is 390 g/mol. The molecule has 6 heteroatoms. The van der Waals surface area contributed by atoms with E-state index < -0.39 is 0 Å². The van der Waals surface area contributed by atoms with Gasteiger partial charge in [-0.15, -0.1) is 0 Å². The number of rotatable bonds is 5. The molecule has 2 aromatic carbocycles. The summed E-state index contributed by atoms with van der Waals surface area (Å²) in [7, 11) is 0. The summed E-state index contributed by atoms with van der Waals surface area (Å²) in [5, 5.41) is 3.92. The molecule has 0 spiro atoms. The minimum atomic E-state index is -0.168. The van der Waals surface area contributed by atoms with E-state index in [4.69, 9.17) is 23.2 Å². The Bertz CT molecular complexity index is 821. The van der Waals surface area contributed by atoms with Crippen LogP contribution in [0.1, 0.15) is 36.9 Å². The van der Waals surface area contributed by atoms with Crippen molar-refractivity contribution in [3.05, 3.63) is 63.6 Å². The minimum absolute atomic E-state index is 0.0754. The van der Waals surface area contributed by atoms with E-state index in [0.717, 1.165) is 29.8 Å². The second-order valence-corrected chi connectivity index (χ2v) is 7.27. The SMILES string of the molecule is CC(NC(=O)Cc1ccc(N2CCCC2=O)cc1)c1ccc(Cl)c(Cl)c1. The maximum absolute atomic E-state index is 12.3. The average Bonchev–Trinajstić information content (AvgIpc) is 3.04. The first-order valence-electron chi connectivity index (χ1n) is 8.57. The van der Waals surface area contributed by atoms with E-state index in [9.17, 15) is 9.59 Å². The van der Waals surface area contributed by atoms with Gasteiger partial charge >= 0.3 is 0 Å². The van der Waals surface area contributed by atoms with Crippen molar-refractivity contribution >= 4 is 40.7 Å². The standard InChI is InChI=1S/C20H20Cl2N2O2/c1-13(15-6-9-17(21)18(22)12-15)23-19(25)11-14-4-7-16(8-5-14)24-10-2-3-20(24)26/h4-9,12-13H,2-3,10-11H2,1H3,(H,23,25). The van der Waals surface area contributed by atoms with Gasteiger partial charge in [-0.2, -0.15) is 0 Å². The molecule has 1 heterocycles. The van der Waals surface area contributed by atoms with Crippen molar-refractivity contribution in [3.8, 4) is 0 Å². The summed E-state index contributed by atoms with van der Waals surface area (Å²) in [6.07, 6.45) is 1.78. The lowest BCUT2D eigenvalue weighted by Gasteiger charge is -2.17. The molecule has 26 heavy (non-hydrogen) atoms. The van der Waals surface area contributed by atoms with Gasteiger partial charge in [0.05, 0.1) is 22.5 Å². The Labute approximate surface area is 163 Å². The van der Waals surface area contributed by atoms with Gasteiger partial charge < -0.3 is 10.2 Å². The third-order valence-electron chi connectivity index (χ3n) is 4.51. The smallest absolute Gasteiger partial charge is 0.227 e. The molecule has 1 aliphatic rings. The van der Waals surface area contributed by atoms with E-state index in [-0.39, 0.29) is 24.3 Å². The summed E-state index contributed by atoms with van der Waals surface area (Å²) in [6.45, 7) is 2.67. The van der Waals surface area contributed by atoms with Gasteiger partial charge in [-0.1, -0.05) is 41.4 Å². The number of nitrogens with one attached hydrogen (secondary N) is 1. The fourth-order valence-corrected chi connectivity index (χ4v) is 3.36. The number of hydrogen-bond donors (Lipinski definition) is 1. The third-order valence-corrected chi connectivity index (χ3v) is 5.25. The molecular formula is C20H20Cl2N2O2. The van der Waals surface area contributed by atoms with Crippen LogP contribution in [0.5, 0.6) is 0 Å². The number of anilines is 1. The molecule has 0 aromatic heterocycles. The third kappa shape index (κ3) is 4.37. The molecule has 0 bridgehead atoms. The molecule has 1 unspecified atom stereocenters. The maximum atomic E-state index is 12.3. The zero-order valence-corrected chi connectivity index (χ0v) is 16.0. The van der Waals surface area contributed by atoms with E-state index >= 15 is 0 Å². The summed E-state index contributed by atoms with van der Waals surface area (Å²) in [4.78, 5) is 25.9. The number of nitrogens with zero attached hydrogens (tertiary/aromatic N) is 1. The van der Waals surface area contributed by atoms with Crippen molar-refractivity contribution < 1.29 is 9.59 Å². The Morgan fingerprint density at radius 3 is 2.50 bits per heavy atom. The molecule has 136 valence electrons. The summed E-state index contributed by atoms with van der Waals surface area (Å²) in [6, 6.07) is 12.7. The highest BCUT2D eigenvalue weighted by Crippen LogP contribution is 2.26. The van der Waals surface area contributed by atoms with Gasteiger partial charge in [0.15, 0.2) is 0 Å². The topological polar surface area (TPSA) is 49.4 Å². The van der Waals surface area contributed by atoms with Crippen molar-refractivity contribution in [1.29, 1.82) is 0 Å². The minimum Gasteiger partial charge on any atom is -0.349 e. The Morgan fingerprint density at radius 2 is 1.88 bits per heavy atom. The van der Waals surface area contributed by atoms with Crippen LogP contribution < -0.4 is 10.2 Å². The van der Waals surface area contributed by atoms with Crippen LogP contribution in [0.4, 0.5) is 5.69 Å². The molecule has 1 saturated heterocycles. The normalized spacial score (nSPS) is 15.2. The van der Waals surface area contributed by atoms with Crippen molar-refractivity contribution in [2.24, 2.45) is 0 Å². The van der Waals surface area contributed by atoms with Crippen molar-refractivity contribution in [2.75, 3.05) is 11.4 Å². The highest BCUT2D eigenvalue weighted by molar-refractivity contribution is 6.42. The first-order chi connectivity index (χ1) is 12.4. The molecule has 1 N–H and O–H groups in total. The number of hydrogen-bond acceptors (Lipinski definition) is 2. The molecule has 0 radical (unpaired) electrons. The van der Waals surface area contributed by atoms with Gasteiger partial charge in [-0.3, -0.25) is 9.59 Å². The highest BCUT2D eigenvalue weighted by Gasteiger charge is 2.21. The fraction of sp³-hybridized carbons (Fsp3) is 0.300. The lowest BCUT2D eigenvalue weighted by molar-refractivity contribution is -0.121. The predicted octanol–water partition coefficient (Wildman–Crippen LogP) is 4.54. The zero-order chi connectivity index (χ0) is 18.7. The van der Waals surface area contributed by atoms with Crippen LogP contribution in [-0.4, -0.2) is 18.4 Å². The first kappa shape index (κ1) is 18.7. The lowest BCUT2D eigenvalue weighted by atomic mass is 10.1. The van der Waals surface area contributed by atoms with E-state index in [1.165, 1.54) is 0 Å². The number of carbonyl (C=O) groups excluding carboxylic acids is 2. The molecule has 1 atom stereocenters.